The predicted octanol–water partition coefficient (Wildman–Crippen LogP) is 16.4. The molecule has 9 aromatic rings. The molecule has 0 aliphatic heterocycles. The average molecular weight is 1060 g/mol. The Kier molecular flexibility index (Phi) is 11.9. The molecule has 0 unspecified atom stereocenters. The standard InChI is InChI=1S/C62H58N3O.Pt/c1-37(2)44-34-45(38(3)4)36-46(35-44)48-26-16-25-47(41-21-12-11-13-22-41)55(48)43-24-15-23-42(33-43)49-27-17-29-53-57(49)64-60(65(53)59-39(5)19-14-20-40(59)6)52-32-31-51-58(63-52)56-50(28-18-30-54(56)66)61(7,8)62(51,9)10;/h11-32,34-38,66H,1-10H3;/q-1;. The van der Waals surface area contributed by atoms with Crippen LogP contribution in [0.1, 0.15) is 101 Å². The van der Waals surface area contributed by atoms with Crippen molar-refractivity contribution in [3.63, 3.8) is 0 Å². The summed E-state index contributed by atoms with van der Waals surface area (Å²) in [6.07, 6.45) is 0. The van der Waals surface area contributed by atoms with Crippen molar-refractivity contribution in [3.8, 4) is 78.7 Å². The molecule has 4 nitrogen and oxygen atoms in total. The number of fused-ring (bicyclic) bond motifs is 4. The Labute approximate surface area is 411 Å². The predicted molar refractivity (Wildman–Crippen MR) is 276 cm³/mol. The average Bonchev–Trinajstić information content (AvgIpc) is 3.70. The Hall–Kier alpha value is -6.35. The summed E-state index contributed by atoms with van der Waals surface area (Å²) in [7, 11) is 0. The molecule has 2 heterocycles. The van der Waals surface area contributed by atoms with E-state index < -0.39 is 0 Å². The number of hydrogen-bond acceptors (Lipinski definition) is 3. The molecule has 0 radical (unpaired) electrons. The Bertz CT molecular complexity index is 3310. The number of phenols is 1. The van der Waals surface area contributed by atoms with E-state index in [1.807, 2.05) is 6.07 Å². The minimum Gasteiger partial charge on any atom is -0.507 e. The maximum absolute atomic E-state index is 11.5. The third-order valence-corrected chi connectivity index (χ3v) is 14.8. The Balaban J connectivity index is 0.00000562. The molecule has 0 fully saturated rings. The molecule has 67 heavy (non-hydrogen) atoms. The van der Waals surface area contributed by atoms with Gasteiger partial charge in [0.15, 0.2) is 5.82 Å². The Morgan fingerprint density at radius 2 is 1.12 bits per heavy atom. The largest absolute Gasteiger partial charge is 0.507 e. The number of aromatic nitrogens is 3. The summed E-state index contributed by atoms with van der Waals surface area (Å²) in [6.45, 7) is 22.6. The number of phenolic OH excluding ortho intramolecular Hbond substituents is 1. The summed E-state index contributed by atoms with van der Waals surface area (Å²) in [5.41, 5.74) is 20.8. The van der Waals surface area contributed by atoms with E-state index in [0.29, 0.717) is 11.8 Å². The molecule has 0 saturated carbocycles. The van der Waals surface area contributed by atoms with Crippen molar-refractivity contribution in [1.82, 2.24) is 14.5 Å². The van der Waals surface area contributed by atoms with Gasteiger partial charge in [-0.25, -0.2) is 9.97 Å². The summed E-state index contributed by atoms with van der Waals surface area (Å²) in [5, 5.41) is 11.5. The van der Waals surface area contributed by atoms with E-state index in [9.17, 15) is 5.11 Å². The van der Waals surface area contributed by atoms with E-state index in [1.54, 1.807) is 6.07 Å². The van der Waals surface area contributed by atoms with Crippen molar-refractivity contribution < 1.29 is 26.2 Å². The van der Waals surface area contributed by atoms with Crippen LogP contribution in [0.3, 0.4) is 0 Å². The third kappa shape index (κ3) is 7.59. The van der Waals surface area contributed by atoms with Crippen LogP contribution >= 0.6 is 0 Å². The fourth-order valence-electron chi connectivity index (χ4n) is 10.3. The van der Waals surface area contributed by atoms with Gasteiger partial charge in [-0.15, -0.1) is 35.4 Å². The second kappa shape index (κ2) is 17.4. The maximum Gasteiger partial charge on any atom is 0.163 e. The van der Waals surface area contributed by atoms with E-state index in [-0.39, 0.29) is 37.6 Å². The number of para-hydroxylation sites is 2. The van der Waals surface area contributed by atoms with Gasteiger partial charge in [-0.3, -0.25) is 4.57 Å². The van der Waals surface area contributed by atoms with Gasteiger partial charge in [0, 0.05) is 32.0 Å². The minimum atomic E-state index is -0.262. The molecule has 0 amide bonds. The summed E-state index contributed by atoms with van der Waals surface area (Å²) < 4.78 is 2.29. The SMILES string of the molecule is Cc1cccc(C)c1-n1c(-c2ccc3c(n2)-c2c(O)cccc2C(C)(C)C3(C)C)nc2c(-c3[c-]c(-c4c(-c5ccccc5)cccc4-c4cc(C(C)C)cc(C(C)C)c4)ccc3)cccc21.[Pt]. The van der Waals surface area contributed by atoms with Crippen molar-refractivity contribution in [1.29, 1.82) is 0 Å². The Morgan fingerprint density at radius 1 is 0.537 bits per heavy atom. The van der Waals surface area contributed by atoms with E-state index >= 15 is 0 Å². The first-order valence-corrected chi connectivity index (χ1v) is 23.4. The molecule has 0 bridgehead atoms. The van der Waals surface area contributed by atoms with Crippen LogP contribution in [-0.2, 0) is 31.9 Å². The molecule has 7 aromatic carbocycles. The molecule has 10 rings (SSSR count). The number of aryl methyl sites for hydroxylation is 2. The number of pyridine rings is 1. The van der Waals surface area contributed by atoms with Gasteiger partial charge in [0.1, 0.15) is 11.4 Å². The van der Waals surface area contributed by atoms with Crippen LogP contribution < -0.4 is 0 Å². The van der Waals surface area contributed by atoms with Crippen molar-refractivity contribution in [3.05, 3.63) is 191 Å². The summed E-state index contributed by atoms with van der Waals surface area (Å²) in [4.78, 5) is 11.1. The second-order valence-electron chi connectivity index (χ2n) is 20.0. The topological polar surface area (TPSA) is 50.9 Å². The smallest absolute Gasteiger partial charge is 0.163 e. The molecular formula is C62H58N3OPt-. The van der Waals surface area contributed by atoms with Crippen molar-refractivity contribution in [2.75, 3.05) is 0 Å². The number of hydrogen-bond donors (Lipinski definition) is 1. The number of rotatable bonds is 8. The molecule has 1 N–H and O–H groups in total. The van der Waals surface area contributed by atoms with Crippen LogP contribution in [0.25, 0.3) is 84.0 Å². The normalized spacial score (nSPS) is 13.7. The first-order chi connectivity index (χ1) is 31.6. The van der Waals surface area contributed by atoms with Gasteiger partial charge in [0.25, 0.3) is 0 Å². The van der Waals surface area contributed by atoms with Gasteiger partial charge in [-0.2, -0.15) is 0 Å². The zero-order valence-corrected chi connectivity index (χ0v) is 42.5. The quantitative estimate of drug-likeness (QED) is 0.154. The fourth-order valence-corrected chi connectivity index (χ4v) is 10.3. The van der Waals surface area contributed by atoms with Crippen molar-refractivity contribution >= 4 is 11.0 Å². The van der Waals surface area contributed by atoms with Crippen LogP contribution in [-0.4, -0.2) is 19.6 Å². The van der Waals surface area contributed by atoms with E-state index in [0.717, 1.165) is 89.6 Å². The zero-order valence-electron chi connectivity index (χ0n) is 40.2. The maximum atomic E-state index is 11.5. The minimum absolute atomic E-state index is 0. The van der Waals surface area contributed by atoms with Gasteiger partial charge in [0.05, 0.1) is 22.4 Å². The van der Waals surface area contributed by atoms with Crippen molar-refractivity contribution in [2.45, 2.75) is 91.9 Å². The first-order valence-electron chi connectivity index (χ1n) is 23.4. The number of imidazole rings is 1. The number of benzene rings is 7. The number of nitrogens with zero attached hydrogens (tertiary/aromatic N) is 3. The molecule has 0 spiro atoms. The van der Waals surface area contributed by atoms with E-state index in [4.69, 9.17) is 9.97 Å². The fraction of sp³-hybridized carbons (Fsp3) is 0.226. The molecule has 338 valence electrons. The van der Waals surface area contributed by atoms with E-state index in [2.05, 4.69) is 219 Å². The Morgan fingerprint density at radius 3 is 1.81 bits per heavy atom. The summed E-state index contributed by atoms with van der Waals surface area (Å²) >= 11 is 0. The summed E-state index contributed by atoms with van der Waals surface area (Å²) in [6, 6.07) is 58.2. The van der Waals surface area contributed by atoms with Gasteiger partial charge < -0.3 is 5.11 Å². The van der Waals surface area contributed by atoms with Crippen LogP contribution in [0.4, 0.5) is 0 Å². The summed E-state index contributed by atoms with van der Waals surface area (Å²) in [5.74, 6) is 1.78. The molecule has 1 aliphatic carbocycles. The van der Waals surface area contributed by atoms with Gasteiger partial charge in [0.2, 0.25) is 0 Å². The zero-order chi connectivity index (χ0) is 46.2. The van der Waals surface area contributed by atoms with Crippen LogP contribution in [0.2, 0.25) is 0 Å². The molecule has 0 saturated heterocycles. The van der Waals surface area contributed by atoms with E-state index in [1.165, 1.54) is 27.8 Å². The van der Waals surface area contributed by atoms with Crippen LogP contribution in [0.15, 0.2) is 152 Å². The molecule has 5 heteroatoms. The van der Waals surface area contributed by atoms with Gasteiger partial charge in [-0.1, -0.05) is 182 Å². The monoisotopic (exact) mass is 1060 g/mol. The first kappa shape index (κ1) is 45.8. The van der Waals surface area contributed by atoms with Gasteiger partial charge in [-0.05, 0) is 105 Å². The third-order valence-electron chi connectivity index (χ3n) is 14.8. The molecule has 1 aliphatic rings. The molecular weight excluding hydrogens is 998 g/mol. The van der Waals surface area contributed by atoms with Crippen molar-refractivity contribution in [2.24, 2.45) is 0 Å². The van der Waals surface area contributed by atoms with Crippen LogP contribution in [0, 0.1) is 19.9 Å². The molecule has 0 atom stereocenters. The molecule has 2 aromatic heterocycles. The van der Waals surface area contributed by atoms with Crippen LogP contribution in [0.5, 0.6) is 5.75 Å². The second-order valence-corrected chi connectivity index (χ2v) is 20.0. The van der Waals surface area contributed by atoms with Gasteiger partial charge >= 0.3 is 0 Å². The number of aromatic hydroxyl groups is 1.